The van der Waals surface area contributed by atoms with Gasteiger partial charge in [-0.1, -0.05) is 12.1 Å². The van der Waals surface area contributed by atoms with Crippen molar-refractivity contribution in [1.29, 1.82) is 0 Å². The van der Waals surface area contributed by atoms with Gasteiger partial charge in [0, 0.05) is 6.54 Å². The van der Waals surface area contributed by atoms with Crippen LogP contribution in [-0.2, 0) is 0 Å². The molecule has 18 heavy (non-hydrogen) atoms. The van der Waals surface area contributed by atoms with Crippen molar-refractivity contribution in [2.24, 2.45) is 0 Å². The molecule has 0 saturated heterocycles. The van der Waals surface area contributed by atoms with Crippen LogP contribution in [0.4, 0.5) is 0 Å². The molecular formula is C15H26N2O. The molecule has 0 amide bonds. The van der Waals surface area contributed by atoms with Crippen LogP contribution in [-0.4, -0.2) is 45.2 Å². The van der Waals surface area contributed by atoms with Gasteiger partial charge in [-0.05, 0) is 64.6 Å². The summed E-state index contributed by atoms with van der Waals surface area (Å²) in [6.45, 7) is 6.20. The number of hydrogen-bond donors (Lipinski definition) is 1. The predicted octanol–water partition coefficient (Wildman–Crippen LogP) is 2.31. The first-order valence-corrected chi connectivity index (χ1v) is 6.75. The number of nitrogens with zero attached hydrogens (tertiary/aromatic N) is 1. The van der Waals surface area contributed by atoms with Crippen LogP contribution in [0.25, 0.3) is 0 Å². The molecule has 0 aliphatic rings. The average Bonchev–Trinajstić information content (AvgIpc) is 2.35. The van der Waals surface area contributed by atoms with Gasteiger partial charge in [0.1, 0.15) is 5.75 Å². The first kappa shape index (κ1) is 15.0. The SMILES string of the molecule is CNCCCN(C)CCCOc1cccc(C)c1. The van der Waals surface area contributed by atoms with Crippen molar-refractivity contribution in [2.75, 3.05) is 40.3 Å². The Bertz CT molecular complexity index is 328. The van der Waals surface area contributed by atoms with Crippen LogP contribution in [0.15, 0.2) is 24.3 Å². The van der Waals surface area contributed by atoms with E-state index in [1.807, 2.05) is 19.2 Å². The maximum atomic E-state index is 5.72. The van der Waals surface area contributed by atoms with Gasteiger partial charge in [0.05, 0.1) is 6.61 Å². The molecule has 0 saturated carbocycles. The van der Waals surface area contributed by atoms with Crippen LogP contribution in [0.5, 0.6) is 5.75 Å². The van der Waals surface area contributed by atoms with Gasteiger partial charge in [-0.15, -0.1) is 0 Å². The van der Waals surface area contributed by atoms with E-state index in [-0.39, 0.29) is 0 Å². The highest BCUT2D eigenvalue weighted by Gasteiger charge is 1.98. The Morgan fingerprint density at radius 3 is 2.72 bits per heavy atom. The van der Waals surface area contributed by atoms with Crippen LogP contribution >= 0.6 is 0 Å². The van der Waals surface area contributed by atoms with Crippen LogP contribution in [0.1, 0.15) is 18.4 Å². The molecule has 1 aromatic rings. The summed E-state index contributed by atoms with van der Waals surface area (Å²) in [5.74, 6) is 0.979. The quantitative estimate of drug-likeness (QED) is 0.681. The summed E-state index contributed by atoms with van der Waals surface area (Å²) in [5, 5.41) is 3.17. The van der Waals surface area contributed by atoms with E-state index in [1.54, 1.807) is 0 Å². The molecule has 0 radical (unpaired) electrons. The van der Waals surface area contributed by atoms with Crippen molar-refractivity contribution in [3.63, 3.8) is 0 Å². The second-order valence-electron chi connectivity index (χ2n) is 4.78. The summed E-state index contributed by atoms with van der Waals surface area (Å²) in [5.41, 5.74) is 1.25. The fraction of sp³-hybridized carbons (Fsp3) is 0.600. The van der Waals surface area contributed by atoms with E-state index in [0.29, 0.717) is 0 Å². The van der Waals surface area contributed by atoms with Crippen molar-refractivity contribution in [3.8, 4) is 5.75 Å². The fourth-order valence-electron chi connectivity index (χ4n) is 1.87. The predicted molar refractivity (Wildman–Crippen MR) is 77.3 cm³/mol. The zero-order valence-corrected chi connectivity index (χ0v) is 11.9. The van der Waals surface area contributed by atoms with E-state index in [9.17, 15) is 0 Å². The minimum atomic E-state index is 0.791. The molecule has 0 aliphatic carbocycles. The summed E-state index contributed by atoms with van der Waals surface area (Å²) < 4.78 is 5.72. The van der Waals surface area contributed by atoms with Gasteiger partial charge in [0.2, 0.25) is 0 Å². The molecule has 0 unspecified atom stereocenters. The Kier molecular flexibility index (Phi) is 7.46. The Hall–Kier alpha value is -1.06. The van der Waals surface area contributed by atoms with Gasteiger partial charge in [-0.25, -0.2) is 0 Å². The standard InChI is InChI=1S/C15H26N2O/c1-14-7-4-8-15(13-14)18-12-6-11-17(3)10-5-9-16-2/h4,7-8,13,16H,5-6,9-12H2,1-3H3. The molecule has 0 aromatic heterocycles. The first-order valence-electron chi connectivity index (χ1n) is 6.75. The van der Waals surface area contributed by atoms with Crippen LogP contribution in [0, 0.1) is 6.92 Å². The van der Waals surface area contributed by atoms with Crippen molar-refractivity contribution < 1.29 is 4.74 Å². The normalized spacial score (nSPS) is 10.9. The Morgan fingerprint density at radius 2 is 2.00 bits per heavy atom. The Labute approximate surface area is 111 Å². The number of hydrogen-bond acceptors (Lipinski definition) is 3. The maximum absolute atomic E-state index is 5.72. The smallest absolute Gasteiger partial charge is 0.119 e. The maximum Gasteiger partial charge on any atom is 0.119 e. The summed E-state index contributed by atoms with van der Waals surface area (Å²) >= 11 is 0. The molecule has 1 N–H and O–H groups in total. The number of rotatable bonds is 9. The molecule has 0 atom stereocenters. The first-order chi connectivity index (χ1) is 8.72. The van der Waals surface area contributed by atoms with Crippen molar-refractivity contribution >= 4 is 0 Å². The van der Waals surface area contributed by atoms with Crippen LogP contribution in [0.3, 0.4) is 0 Å². The Morgan fingerprint density at radius 1 is 1.22 bits per heavy atom. The fourth-order valence-corrected chi connectivity index (χ4v) is 1.87. The van der Waals surface area contributed by atoms with Crippen LogP contribution in [0.2, 0.25) is 0 Å². The lowest BCUT2D eigenvalue weighted by molar-refractivity contribution is 0.261. The van der Waals surface area contributed by atoms with E-state index in [1.165, 1.54) is 12.0 Å². The highest BCUT2D eigenvalue weighted by atomic mass is 16.5. The summed E-state index contributed by atoms with van der Waals surface area (Å²) in [6.07, 6.45) is 2.27. The third-order valence-corrected chi connectivity index (χ3v) is 2.91. The second kappa shape index (κ2) is 8.95. The molecule has 0 aliphatic heterocycles. The van der Waals surface area contributed by atoms with Gasteiger partial charge in [0.25, 0.3) is 0 Å². The third kappa shape index (κ3) is 6.62. The molecule has 0 heterocycles. The molecule has 102 valence electrons. The number of aryl methyl sites for hydroxylation is 1. The Balaban J connectivity index is 2.07. The van der Waals surface area contributed by atoms with E-state index in [0.717, 1.165) is 38.4 Å². The van der Waals surface area contributed by atoms with Crippen molar-refractivity contribution in [3.05, 3.63) is 29.8 Å². The molecular weight excluding hydrogens is 224 g/mol. The lowest BCUT2D eigenvalue weighted by Gasteiger charge is -2.16. The summed E-state index contributed by atoms with van der Waals surface area (Å²) in [4.78, 5) is 2.36. The van der Waals surface area contributed by atoms with Crippen LogP contribution < -0.4 is 10.1 Å². The highest BCUT2D eigenvalue weighted by Crippen LogP contribution is 2.12. The molecule has 1 rings (SSSR count). The number of nitrogens with one attached hydrogen (secondary N) is 1. The zero-order valence-electron chi connectivity index (χ0n) is 11.9. The molecule has 0 fully saturated rings. The molecule has 3 nitrogen and oxygen atoms in total. The molecule has 3 heteroatoms. The monoisotopic (exact) mass is 250 g/mol. The minimum absolute atomic E-state index is 0.791. The molecule has 1 aromatic carbocycles. The lowest BCUT2D eigenvalue weighted by atomic mass is 10.2. The molecule has 0 spiro atoms. The van der Waals surface area contributed by atoms with Crippen molar-refractivity contribution in [1.82, 2.24) is 10.2 Å². The van der Waals surface area contributed by atoms with Crippen molar-refractivity contribution in [2.45, 2.75) is 19.8 Å². The average molecular weight is 250 g/mol. The van der Waals surface area contributed by atoms with E-state index < -0.39 is 0 Å². The topological polar surface area (TPSA) is 24.5 Å². The van der Waals surface area contributed by atoms with E-state index in [2.05, 4.69) is 36.3 Å². The summed E-state index contributed by atoms with van der Waals surface area (Å²) in [6, 6.07) is 8.22. The molecule has 0 bridgehead atoms. The number of benzene rings is 1. The third-order valence-electron chi connectivity index (χ3n) is 2.91. The van der Waals surface area contributed by atoms with Gasteiger partial charge in [-0.2, -0.15) is 0 Å². The highest BCUT2D eigenvalue weighted by molar-refractivity contribution is 5.27. The van der Waals surface area contributed by atoms with E-state index in [4.69, 9.17) is 4.74 Å². The van der Waals surface area contributed by atoms with Gasteiger partial charge in [0.15, 0.2) is 0 Å². The van der Waals surface area contributed by atoms with Gasteiger partial charge < -0.3 is 15.0 Å². The minimum Gasteiger partial charge on any atom is -0.494 e. The zero-order chi connectivity index (χ0) is 13.2. The largest absolute Gasteiger partial charge is 0.494 e. The van der Waals surface area contributed by atoms with E-state index >= 15 is 0 Å². The lowest BCUT2D eigenvalue weighted by Crippen LogP contribution is -2.24. The van der Waals surface area contributed by atoms with Gasteiger partial charge >= 0.3 is 0 Å². The summed E-state index contributed by atoms with van der Waals surface area (Å²) in [7, 11) is 4.16. The van der Waals surface area contributed by atoms with Gasteiger partial charge in [-0.3, -0.25) is 0 Å². The number of ether oxygens (including phenoxy) is 1. The second-order valence-corrected chi connectivity index (χ2v) is 4.78.